The van der Waals surface area contributed by atoms with Crippen LogP contribution in [0.1, 0.15) is 285 Å². The van der Waals surface area contributed by atoms with Crippen LogP contribution in [0.2, 0.25) is 0 Å². The lowest BCUT2D eigenvalue weighted by atomic mass is 10.1. The Balaban J connectivity index is 5.50. The first-order chi connectivity index (χ1) is 52.7. The maximum absolute atomic E-state index is 13.1. The van der Waals surface area contributed by atoms with E-state index in [2.05, 4.69) is 204 Å². The molecule has 19 heteroatoms. The Bertz CT molecular complexity index is 2810. The van der Waals surface area contributed by atoms with E-state index in [1.807, 2.05) is 18.2 Å². The fourth-order valence-corrected chi connectivity index (χ4v) is 11.6. The monoisotopic (exact) mass is 1540 g/mol. The van der Waals surface area contributed by atoms with Crippen LogP contribution in [0.15, 0.2) is 194 Å². The molecule has 0 spiro atoms. The minimum atomic E-state index is -5.01. The van der Waals surface area contributed by atoms with Crippen molar-refractivity contribution in [1.29, 1.82) is 0 Å². The van der Waals surface area contributed by atoms with E-state index in [1.165, 1.54) is 0 Å². The maximum atomic E-state index is 13.1. The van der Waals surface area contributed by atoms with E-state index in [1.54, 1.807) is 0 Å². The molecule has 0 rings (SSSR count). The summed E-state index contributed by atoms with van der Waals surface area (Å²) in [6.45, 7) is 4.26. The molecule has 0 radical (unpaired) electrons. The number of allylic oxidation sites excluding steroid dienone is 32. The number of unbranched alkanes of at least 4 members (excludes halogenated alkanes) is 16. The van der Waals surface area contributed by atoms with Crippen molar-refractivity contribution in [2.24, 2.45) is 0 Å². The van der Waals surface area contributed by atoms with E-state index in [0.717, 1.165) is 199 Å². The third kappa shape index (κ3) is 78.0. The Labute approximate surface area is 653 Å². The van der Waals surface area contributed by atoms with Crippen molar-refractivity contribution in [3.8, 4) is 0 Å². The highest BCUT2D eigenvalue weighted by molar-refractivity contribution is 7.47. The summed E-state index contributed by atoms with van der Waals surface area (Å²) in [5.74, 6) is -2.35. The zero-order valence-electron chi connectivity index (χ0n) is 66.7. The number of esters is 4. The maximum Gasteiger partial charge on any atom is 0.472 e. The molecule has 0 aliphatic rings. The van der Waals surface area contributed by atoms with Crippen LogP contribution in [0, 0.1) is 0 Å². The SMILES string of the molecule is CC/C=C\C/C=C\C/C=C\C/C=C\C/C=C\C/C=C\CCC(=O)OCC(COP(=O)(O)OCC(O)COP(=O)(O)OCC(COC(=O)CCCCCC/C=C\C/C=C\C/C=C\C/C=C\CC)OC(=O)CCCCCCCCC/C=C\C/C=C\C/C=C\CC)OC(=O)CCCCCCC/C=C\C/C=C\C/C=C\CC. The van der Waals surface area contributed by atoms with Crippen molar-refractivity contribution < 1.29 is 80.2 Å². The van der Waals surface area contributed by atoms with Gasteiger partial charge in [-0.15, -0.1) is 0 Å². The van der Waals surface area contributed by atoms with Crippen LogP contribution in [0.25, 0.3) is 0 Å². The second-order valence-corrected chi connectivity index (χ2v) is 29.1. The summed E-state index contributed by atoms with van der Waals surface area (Å²) in [6, 6.07) is 0. The molecule has 0 aliphatic heterocycles. The molecule has 610 valence electrons. The molecular weight excluding hydrogens is 1400 g/mol. The van der Waals surface area contributed by atoms with Crippen molar-refractivity contribution in [3.05, 3.63) is 194 Å². The number of hydrogen-bond donors (Lipinski definition) is 3. The Kier molecular flexibility index (Phi) is 74.5. The first-order valence-corrected chi connectivity index (χ1v) is 43.7. The molecule has 0 fully saturated rings. The summed E-state index contributed by atoms with van der Waals surface area (Å²) in [5.41, 5.74) is 0. The van der Waals surface area contributed by atoms with Crippen LogP contribution in [-0.2, 0) is 65.4 Å². The van der Waals surface area contributed by atoms with Gasteiger partial charge in [-0.2, -0.15) is 0 Å². The molecule has 3 N–H and O–H groups in total. The summed E-state index contributed by atoms with van der Waals surface area (Å²) >= 11 is 0. The van der Waals surface area contributed by atoms with Gasteiger partial charge in [0.15, 0.2) is 12.2 Å². The van der Waals surface area contributed by atoms with Crippen LogP contribution in [0.4, 0.5) is 0 Å². The van der Waals surface area contributed by atoms with E-state index in [-0.39, 0.29) is 25.7 Å². The van der Waals surface area contributed by atoms with Gasteiger partial charge >= 0.3 is 39.5 Å². The number of aliphatic hydroxyl groups excluding tert-OH is 1. The lowest BCUT2D eigenvalue weighted by molar-refractivity contribution is -0.161. The van der Waals surface area contributed by atoms with Gasteiger partial charge in [0, 0.05) is 25.7 Å². The highest BCUT2D eigenvalue weighted by atomic mass is 31.2. The molecule has 0 amide bonds. The Morgan fingerprint density at radius 3 is 0.750 bits per heavy atom. The van der Waals surface area contributed by atoms with Crippen LogP contribution in [0.5, 0.6) is 0 Å². The Hall–Kier alpha value is -6.10. The number of rotatable bonds is 74. The number of phosphoric acid groups is 2. The van der Waals surface area contributed by atoms with Gasteiger partial charge in [-0.1, -0.05) is 286 Å². The quantitative estimate of drug-likeness (QED) is 0.0169. The fourth-order valence-electron chi connectivity index (χ4n) is 10.0. The largest absolute Gasteiger partial charge is 0.472 e. The molecule has 5 unspecified atom stereocenters. The number of hydrogen-bond acceptors (Lipinski definition) is 15. The molecule has 0 aliphatic carbocycles. The fraction of sp³-hybridized carbons (Fsp3) is 0.596. The van der Waals surface area contributed by atoms with Gasteiger partial charge in [0.1, 0.15) is 19.3 Å². The standard InChI is InChI=1S/C89H142O17P2/c1-5-9-13-17-21-25-29-33-37-40-41-44-47-50-54-58-62-66-70-74-87(92)100-79-84(105-88(93)75-71-67-63-59-55-51-45-36-32-28-24-20-16-12-8-4)81-103-107(95,96)101-77-83(90)78-102-108(97,98)104-82-85(106-89(94)76-72-68-64-60-56-52-48-43-39-35-31-27-23-19-15-11-7-3)80-99-86(91)73-69-65-61-57-53-49-46-42-38-34-30-26-22-18-14-10-6-2/h9-16,21-28,33-39,41,44-46,49-50,54,62,66,83-85,90H,5-8,17-20,29-32,40,42-43,47-48,51-53,55-61,63-65,67-82H2,1-4H3,(H,95,96)(H,97,98)/b13-9-,14-10-,15-11-,16-12-,25-21-,26-22-,27-23-,28-24-,37-33-,38-34-,39-35-,44-41-,45-36-,49-46-,54-50-,66-62-. The van der Waals surface area contributed by atoms with Crippen molar-refractivity contribution in [1.82, 2.24) is 0 Å². The highest BCUT2D eigenvalue weighted by Crippen LogP contribution is 2.45. The van der Waals surface area contributed by atoms with Gasteiger partial charge in [0.2, 0.25) is 0 Å². The minimum Gasteiger partial charge on any atom is -0.462 e. The molecule has 0 saturated heterocycles. The highest BCUT2D eigenvalue weighted by Gasteiger charge is 2.30. The van der Waals surface area contributed by atoms with Gasteiger partial charge in [0.05, 0.1) is 26.4 Å². The first-order valence-electron chi connectivity index (χ1n) is 40.7. The third-order valence-electron chi connectivity index (χ3n) is 16.1. The molecule has 0 aromatic heterocycles. The number of ether oxygens (including phenoxy) is 4. The molecule has 0 heterocycles. The van der Waals surface area contributed by atoms with Crippen molar-refractivity contribution >= 4 is 39.5 Å². The summed E-state index contributed by atoms with van der Waals surface area (Å²) in [5, 5.41) is 10.7. The van der Waals surface area contributed by atoms with Crippen LogP contribution in [0.3, 0.4) is 0 Å². The summed E-state index contributed by atoms with van der Waals surface area (Å²) in [6.07, 6.45) is 97.0. The van der Waals surface area contributed by atoms with E-state index in [4.69, 9.17) is 37.0 Å². The van der Waals surface area contributed by atoms with Crippen LogP contribution >= 0.6 is 15.6 Å². The van der Waals surface area contributed by atoms with Crippen molar-refractivity contribution in [2.45, 2.75) is 303 Å². The van der Waals surface area contributed by atoms with Gasteiger partial charge in [-0.25, -0.2) is 9.13 Å². The lowest BCUT2D eigenvalue weighted by Crippen LogP contribution is -2.30. The van der Waals surface area contributed by atoms with Crippen molar-refractivity contribution in [3.63, 3.8) is 0 Å². The molecular formula is C89H142O17P2. The van der Waals surface area contributed by atoms with E-state index in [9.17, 15) is 43.2 Å². The Morgan fingerprint density at radius 1 is 0.259 bits per heavy atom. The van der Waals surface area contributed by atoms with E-state index < -0.39 is 97.5 Å². The molecule has 0 bridgehead atoms. The van der Waals surface area contributed by atoms with E-state index in [0.29, 0.717) is 32.1 Å². The molecule has 5 atom stereocenters. The zero-order chi connectivity index (χ0) is 78.9. The predicted molar refractivity (Wildman–Crippen MR) is 445 cm³/mol. The second-order valence-electron chi connectivity index (χ2n) is 26.2. The summed E-state index contributed by atoms with van der Waals surface area (Å²) < 4.78 is 68.6. The third-order valence-corrected chi connectivity index (χ3v) is 18.0. The second kappa shape index (κ2) is 79.0. The number of carbonyl (C=O) groups excluding carboxylic acids is 4. The number of aliphatic hydroxyl groups is 1. The van der Waals surface area contributed by atoms with Crippen LogP contribution in [-0.4, -0.2) is 96.7 Å². The topological polar surface area (TPSA) is 237 Å². The van der Waals surface area contributed by atoms with E-state index >= 15 is 0 Å². The van der Waals surface area contributed by atoms with Crippen LogP contribution < -0.4 is 0 Å². The molecule has 108 heavy (non-hydrogen) atoms. The smallest absolute Gasteiger partial charge is 0.462 e. The average molecular weight is 1550 g/mol. The van der Waals surface area contributed by atoms with Gasteiger partial charge in [-0.3, -0.25) is 37.3 Å². The average Bonchev–Trinajstić information content (AvgIpc) is 0.901. The minimum absolute atomic E-state index is 0.0244. The van der Waals surface area contributed by atoms with Gasteiger partial charge in [-0.05, 0) is 167 Å². The Morgan fingerprint density at radius 2 is 0.472 bits per heavy atom. The van der Waals surface area contributed by atoms with Gasteiger partial charge < -0.3 is 33.8 Å². The zero-order valence-corrected chi connectivity index (χ0v) is 68.5. The number of carbonyl (C=O) groups is 4. The molecule has 0 aromatic carbocycles. The lowest BCUT2D eigenvalue weighted by Gasteiger charge is -2.21. The van der Waals surface area contributed by atoms with Crippen molar-refractivity contribution in [2.75, 3.05) is 39.6 Å². The normalized spacial score (nSPS) is 14.8. The molecule has 0 aromatic rings. The molecule has 0 saturated carbocycles. The predicted octanol–water partition coefficient (Wildman–Crippen LogP) is 24.1. The first kappa shape index (κ1) is 102. The summed E-state index contributed by atoms with van der Waals surface area (Å²) in [7, 11) is -10.0. The summed E-state index contributed by atoms with van der Waals surface area (Å²) in [4.78, 5) is 73.1. The van der Waals surface area contributed by atoms with Gasteiger partial charge in [0.25, 0.3) is 0 Å². The number of phosphoric ester groups is 2. The molecule has 17 nitrogen and oxygen atoms in total.